The van der Waals surface area contributed by atoms with Crippen LogP contribution in [-0.4, -0.2) is 60.0 Å². The molecule has 0 aromatic rings. The fourth-order valence-corrected chi connectivity index (χ4v) is 1.60. The number of carbonyl (C=O) groups is 4. The lowest BCUT2D eigenvalue weighted by atomic mass is 10.3. The number of amides is 3. The van der Waals surface area contributed by atoms with Gasteiger partial charge in [0, 0.05) is 25.8 Å². The third kappa shape index (κ3) is 4.32. The summed E-state index contributed by atoms with van der Waals surface area (Å²) in [6.45, 7) is -0.259. The van der Waals surface area contributed by atoms with Gasteiger partial charge in [0.15, 0.2) is 6.10 Å². The van der Waals surface area contributed by atoms with Gasteiger partial charge < -0.3 is 15.2 Å². The average Bonchev–Trinajstić information content (AvgIpc) is 2.72. The number of ether oxygens (including phenoxy) is 1. The Morgan fingerprint density at radius 3 is 2.47 bits per heavy atom. The Labute approximate surface area is 109 Å². The third-order valence-electron chi connectivity index (χ3n) is 2.68. The van der Waals surface area contributed by atoms with Crippen molar-refractivity contribution in [3.63, 3.8) is 0 Å². The molecule has 8 nitrogen and oxygen atoms in total. The van der Waals surface area contributed by atoms with Crippen molar-refractivity contribution in [3.8, 4) is 0 Å². The molecule has 0 saturated carbocycles. The van der Waals surface area contributed by atoms with Crippen LogP contribution in [0.5, 0.6) is 0 Å². The molecule has 0 spiro atoms. The normalized spacial score (nSPS) is 16.4. The minimum atomic E-state index is -1.43. The summed E-state index contributed by atoms with van der Waals surface area (Å²) < 4.78 is 4.28. The number of hydrogen-bond acceptors (Lipinski definition) is 6. The molecule has 1 heterocycles. The van der Waals surface area contributed by atoms with Crippen molar-refractivity contribution in [2.45, 2.75) is 25.4 Å². The van der Waals surface area contributed by atoms with Crippen LogP contribution < -0.4 is 5.32 Å². The number of likely N-dealkylation sites (tertiary alicyclic amines) is 1. The van der Waals surface area contributed by atoms with E-state index in [1.165, 1.54) is 0 Å². The van der Waals surface area contributed by atoms with Crippen molar-refractivity contribution in [2.75, 3.05) is 20.2 Å². The van der Waals surface area contributed by atoms with Gasteiger partial charge in [-0.2, -0.15) is 0 Å². The second-order valence-corrected chi connectivity index (χ2v) is 4.03. The zero-order valence-electron chi connectivity index (χ0n) is 10.5. The number of imide groups is 1. The zero-order chi connectivity index (χ0) is 14.4. The molecule has 8 heteroatoms. The largest absolute Gasteiger partial charge is 0.467 e. The monoisotopic (exact) mass is 272 g/mol. The first-order chi connectivity index (χ1) is 8.95. The second kappa shape index (κ2) is 6.83. The van der Waals surface area contributed by atoms with E-state index < -0.39 is 18.0 Å². The van der Waals surface area contributed by atoms with Gasteiger partial charge in [-0.25, -0.2) is 4.79 Å². The van der Waals surface area contributed by atoms with E-state index in [1.54, 1.807) is 0 Å². The van der Waals surface area contributed by atoms with Gasteiger partial charge in [-0.15, -0.1) is 0 Å². The quantitative estimate of drug-likeness (QED) is 0.434. The first-order valence-corrected chi connectivity index (χ1v) is 5.81. The summed E-state index contributed by atoms with van der Waals surface area (Å²) in [4.78, 5) is 45.8. The number of rotatable bonds is 6. The SMILES string of the molecule is COC(=O)C(O)CNC(=O)CCN1C(=O)CCC1=O. The molecule has 1 aliphatic rings. The molecule has 3 amide bonds. The maximum absolute atomic E-state index is 11.4. The summed E-state index contributed by atoms with van der Waals surface area (Å²) >= 11 is 0. The number of nitrogens with one attached hydrogen (secondary N) is 1. The van der Waals surface area contributed by atoms with Crippen LogP contribution in [0, 0.1) is 0 Å². The summed E-state index contributed by atoms with van der Waals surface area (Å²) in [5.41, 5.74) is 0. The number of aliphatic hydroxyl groups is 1. The van der Waals surface area contributed by atoms with Gasteiger partial charge in [0.1, 0.15) is 0 Å². The van der Waals surface area contributed by atoms with E-state index in [9.17, 15) is 24.3 Å². The minimum Gasteiger partial charge on any atom is -0.467 e. The van der Waals surface area contributed by atoms with Gasteiger partial charge in [-0.3, -0.25) is 19.3 Å². The topological polar surface area (TPSA) is 113 Å². The van der Waals surface area contributed by atoms with Gasteiger partial charge in [0.05, 0.1) is 13.7 Å². The molecule has 1 atom stereocenters. The summed E-state index contributed by atoms with van der Waals surface area (Å²) in [5.74, 6) is -1.87. The predicted molar refractivity (Wildman–Crippen MR) is 61.6 cm³/mol. The van der Waals surface area contributed by atoms with Crippen molar-refractivity contribution in [3.05, 3.63) is 0 Å². The second-order valence-electron chi connectivity index (χ2n) is 4.03. The molecule has 1 fully saturated rings. The molecule has 106 valence electrons. The Hall–Kier alpha value is -1.96. The number of hydrogen-bond donors (Lipinski definition) is 2. The molecular formula is C11H16N2O6. The number of esters is 1. The molecule has 0 bridgehead atoms. The van der Waals surface area contributed by atoms with E-state index in [4.69, 9.17) is 0 Å². The fraction of sp³-hybridized carbons (Fsp3) is 0.636. The lowest BCUT2D eigenvalue weighted by molar-refractivity contribution is -0.150. The van der Waals surface area contributed by atoms with Gasteiger partial charge in [-0.1, -0.05) is 0 Å². The molecule has 1 aliphatic heterocycles. The molecule has 0 aliphatic carbocycles. The Kier molecular flexibility index (Phi) is 5.43. The minimum absolute atomic E-state index is 0.0117. The highest BCUT2D eigenvalue weighted by Gasteiger charge is 2.28. The van der Waals surface area contributed by atoms with Gasteiger partial charge in [0.25, 0.3) is 0 Å². The van der Waals surface area contributed by atoms with Crippen LogP contribution in [0.2, 0.25) is 0 Å². The summed E-state index contributed by atoms with van der Waals surface area (Å²) in [5, 5.41) is 11.5. The number of nitrogens with zero attached hydrogens (tertiary/aromatic N) is 1. The fourth-order valence-electron chi connectivity index (χ4n) is 1.60. The molecular weight excluding hydrogens is 256 g/mol. The van der Waals surface area contributed by atoms with Crippen molar-refractivity contribution < 1.29 is 29.0 Å². The van der Waals surface area contributed by atoms with E-state index >= 15 is 0 Å². The van der Waals surface area contributed by atoms with Crippen molar-refractivity contribution >= 4 is 23.7 Å². The molecule has 1 rings (SSSR count). The number of carbonyl (C=O) groups excluding carboxylic acids is 4. The first kappa shape index (κ1) is 15.1. The molecule has 2 N–H and O–H groups in total. The van der Waals surface area contributed by atoms with Crippen LogP contribution >= 0.6 is 0 Å². The summed E-state index contributed by atoms with van der Waals surface area (Å²) in [6.07, 6.45) is -1.13. The highest BCUT2D eigenvalue weighted by Crippen LogP contribution is 2.11. The van der Waals surface area contributed by atoms with E-state index in [-0.39, 0.29) is 44.2 Å². The first-order valence-electron chi connectivity index (χ1n) is 5.81. The third-order valence-corrected chi connectivity index (χ3v) is 2.68. The van der Waals surface area contributed by atoms with E-state index in [1.807, 2.05) is 0 Å². The molecule has 0 radical (unpaired) electrons. The van der Waals surface area contributed by atoms with Crippen LogP contribution in [0.15, 0.2) is 0 Å². The number of methoxy groups -OCH3 is 1. The average molecular weight is 272 g/mol. The molecule has 1 saturated heterocycles. The van der Waals surface area contributed by atoms with Crippen molar-refractivity contribution in [1.29, 1.82) is 0 Å². The Morgan fingerprint density at radius 1 is 1.37 bits per heavy atom. The lowest BCUT2D eigenvalue weighted by Gasteiger charge is -2.14. The smallest absolute Gasteiger partial charge is 0.336 e. The van der Waals surface area contributed by atoms with Crippen LogP contribution in [0.1, 0.15) is 19.3 Å². The molecule has 0 aromatic heterocycles. The van der Waals surface area contributed by atoms with Crippen molar-refractivity contribution in [1.82, 2.24) is 10.2 Å². The maximum atomic E-state index is 11.4. The summed E-state index contributed by atoms with van der Waals surface area (Å²) in [6, 6.07) is 0. The van der Waals surface area contributed by atoms with E-state index in [0.717, 1.165) is 12.0 Å². The standard InChI is InChI=1S/C11H16N2O6/c1-19-11(18)7(14)6-12-8(15)4-5-13-9(16)2-3-10(13)17/h7,14H,2-6H2,1H3,(H,12,15). The molecule has 19 heavy (non-hydrogen) atoms. The van der Waals surface area contributed by atoms with Crippen LogP contribution in [0.3, 0.4) is 0 Å². The molecule has 0 aromatic carbocycles. The highest BCUT2D eigenvalue weighted by molar-refractivity contribution is 6.02. The van der Waals surface area contributed by atoms with Crippen LogP contribution in [0.25, 0.3) is 0 Å². The summed E-state index contributed by atoms with van der Waals surface area (Å²) in [7, 11) is 1.12. The van der Waals surface area contributed by atoms with E-state index in [2.05, 4.69) is 10.1 Å². The Balaban J connectivity index is 2.26. The van der Waals surface area contributed by atoms with Gasteiger partial charge in [-0.05, 0) is 0 Å². The maximum Gasteiger partial charge on any atom is 0.336 e. The lowest BCUT2D eigenvalue weighted by Crippen LogP contribution is -2.39. The van der Waals surface area contributed by atoms with Gasteiger partial charge in [0.2, 0.25) is 17.7 Å². The highest BCUT2D eigenvalue weighted by atomic mass is 16.5. The van der Waals surface area contributed by atoms with E-state index in [0.29, 0.717) is 0 Å². The number of aliphatic hydroxyl groups excluding tert-OH is 1. The Morgan fingerprint density at radius 2 is 1.95 bits per heavy atom. The van der Waals surface area contributed by atoms with Crippen LogP contribution in [0.4, 0.5) is 0 Å². The zero-order valence-corrected chi connectivity index (χ0v) is 10.5. The van der Waals surface area contributed by atoms with Gasteiger partial charge >= 0.3 is 5.97 Å². The Bertz CT molecular complexity index is 379. The molecule has 1 unspecified atom stereocenters. The van der Waals surface area contributed by atoms with Crippen molar-refractivity contribution in [2.24, 2.45) is 0 Å². The predicted octanol–water partition coefficient (Wildman–Crippen LogP) is -1.82. The van der Waals surface area contributed by atoms with Crippen LogP contribution in [-0.2, 0) is 23.9 Å².